The average molecular weight is 1490 g/mol. The summed E-state index contributed by atoms with van der Waals surface area (Å²) >= 11 is 1.11. The number of aromatic amines is 2. The van der Waals surface area contributed by atoms with Crippen LogP contribution in [0.1, 0.15) is 30.3 Å². The van der Waals surface area contributed by atoms with Crippen molar-refractivity contribution in [1.82, 2.24) is 19.9 Å². The molecule has 2 aliphatic rings. The number of nitrogens with zero attached hydrogens (tertiary/aromatic N) is 2. The number of H-pyrrole nitrogens is 2. The summed E-state index contributed by atoms with van der Waals surface area (Å²) in [5, 5.41) is 0. The third kappa shape index (κ3) is 16.4. The largest absolute Gasteiger partial charge is 0.441 e. The molecule has 99 heavy (non-hydrogen) atoms. The van der Waals surface area contributed by atoms with E-state index in [0.29, 0.717) is 0 Å². The number of benzene rings is 4. The molecule has 7 aromatic rings. The van der Waals surface area contributed by atoms with Crippen LogP contribution in [0.25, 0.3) is 78.7 Å². The van der Waals surface area contributed by atoms with Gasteiger partial charge >= 0.3 is 0 Å². The van der Waals surface area contributed by atoms with Crippen molar-refractivity contribution in [1.29, 1.82) is 0 Å². The fraction of sp³-hybridized carbons (Fsp3) is 0.354. The zero-order valence-corrected chi connectivity index (χ0v) is 56.0. The monoisotopic (exact) mass is 1490 g/mol. The van der Waals surface area contributed by atoms with Gasteiger partial charge in [0.15, 0.2) is 93.1 Å². The second-order valence-electron chi connectivity index (χ2n) is 20.6. The minimum Gasteiger partial charge on any atom is -0.441 e. The van der Waals surface area contributed by atoms with Gasteiger partial charge in [-0.2, -0.15) is 0 Å². The lowest BCUT2D eigenvalue weighted by Crippen LogP contribution is -2.11. The van der Waals surface area contributed by atoms with E-state index >= 15 is 70.2 Å². The number of aromatic nitrogens is 4. The predicted octanol–water partition coefficient (Wildman–Crippen LogP) is 16.5. The molecule has 1 atom stereocenters. The van der Waals surface area contributed by atoms with Gasteiger partial charge in [-0.1, -0.05) is 0 Å². The summed E-state index contributed by atoms with van der Waals surface area (Å²) in [6.07, 6.45) is -0.654. The molecule has 4 aromatic carbocycles. The number of ether oxygens (including phenoxy) is 10. The summed E-state index contributed by atoms with van der Waals surface area (Å²) in [7, 11) is 5.48. The topological polar surface area (TPSA) is 150 Å². The van der Waals surface area contributed by atoms with Crippen LogP contribution < -0.4 is 4.74 Å². The highest BCUT2D eigenvalue weighted by atomic mass is 32.2. The Labute approximate surface area is 571 Å². The molecule has 3 aromatic heterocycles. The molecular weight excluding hydrogens is 1430 g/mol. The van der Waals surface area contributed by atoms with Crippen LogP contribution in [0, 0.1) is 93.1 Å². The van der Waals surface area contributed by atoms with E-state index in [2.05, 4.69) is 19.9 Å². The Hall–Kier alpha value is -6.54. The van der Waals surface area contributed by atoms with E-state index in [1.165, 1.54) is 35.4 Å². The normalized spacial score (nSPS) is 13.0. The number of fused-ring (bicyclic) bond motifs is 8. The summed E-state index contributed by atoms with van der Waals surface area (Å²) in [4.78, 5) is 8.95. The third-order valence-corrected chi connectivity index (χ3v) is 18.6. The molecule has 14 nitrogen and oxygen atoms in total. The number of rotatable bonds is 34. The van der Waals surface area contributed by atoms with E-state index in [0.717, 1.165) is 36.4 Å². The first-order valence-corrected chi connectivity index (χ1v) is 33.6. The molecule has 1 unspecified atom stereocenters. The second kappa shape index (κ2) is 35.4. The first-order chi connectivity index (χ1) is 47.7. The minimum absolute atomic E-state index is 0.0128. The smallest absolute Gasteiger partial charge is 0.246 e. The van der Waals surface area contributed by atoms with Crippen LogP contribution in [0.15, 0.2) is 43.8 Å². The van der Waals surface area contributed by atoms with Gasteiger partial charge in [-0.15, -0.1) is 47.0 Å². The van der Waals surface area contributed by atoms with E-state index in [-0.39, 0.29) is 149 Å². The molecule has 5 heterocycles. The van der Waals surface area contributed by atoms with Crippen LogP contribution in [0.3, 0.4) is 0 Å². The van der Waals surface area contributed by atoms with Gasteiger partial charge in [0, 0.05) is 91.3 Å². The lowest BCUT2D eigenvalue weighted by atomic mass is 10.0. The third-order valence-electron chi connectivity index (χ3n) is 14.6. The number of thioether (sulfide) groups is 4. The van der Waals surface area contributed by atoms with E-state index in [4.69, 9.17) is 47.4 Å². The SMILES string of the molecule is CCOC1Oc2nc1c(-c1c(F)c(F)c(SCCOCCOC)c(F)c1F)c1ccc([nH]1)c(-c1c(F)c(F)c(SCCOCCOC)c(F)c1F)c1nc(c(-c3c(F)c(F)c(SCCOCCOC)c(F)c3F)c3ccc([nH]3)c2-c2c(F)c(F)c(SCCOCCOC)c(F)c2F)C=C1. The Morgan fingerprint density at radius 1 is 0.343 bits per heavy atom. The highest BCUT2D eigenvalue weighted by Crippen LogP contribution is 2.50. The quantitative estimate of drug-likeness (QED) is 0.0170. The lowest BCUT2D eigenvalue weighted by molar-refractivity contribution is -0.0697. The fourth-order valence-corrected chi connectivity index (χ4v) is 13.4. The standard InChI is InChI=1S/C65H58F16N4O10S4/c1-6-94-65-59-37(41-47(70)55(78)62(56(79)48(41)71)98-27-23-92-19-15-88-4)33-11-9-31(83-33)35(39-43(66)51(74)60(52(75)44(39)67)96-25-21-90-17-13-86-2)29-7-8-30(82-29)36(40-45(68)53(76)61(54(77)46(40)69)97-26-22-91-18-14-87-3)32-10-12-34(84-32)38(64(85-59)95-65)42-49(72)57(80)63(58(81)50(42)73)99-28-24-93-20-16-89-5/h7-12,65,83-84H,6,13-28H2,1-5H3. The van der Waals surface area contributed by atoms with Crippen molar-refractivity contribution in [2.24, 2.45) is 0 Å². The molecule has 0 fully saturated rings. The maximum absolute atomic E-state index is 17.4. The lowest BCUT2D eigenvalue weighted by Gasteiger charge is -2.17. The Morgan fingerprint density at radius 3 is 0.909 bits per heavy atom. The fourth-order valence-electron chi connectivity index (χ4n) is 10.1. The van der Waals surface area contributed by atoms with Crippen LogP contribution in [0.5, 0.6) is 5.88 Å². The van der Waals surface area contributed by atoms with Crippen molar-refractivity contribution in [3.8, 4) is 50.4 Å². The predicted molar refractivity (Wildman–Crippen MR) is 340 cm³/mol. The van der Waals surface area contributed by atoms with Gasteiger partial charge < -0.3 is 57.3 Å². The van der Waals surface area contributed by atoms with Gasteiger partial charge in [-0.3, -0.25) is 0 Å². The molecule has 9 rings (SSSR count). The first-order valence-electron chi connectivity index (χ1n) is 29.7. The number of methoxy groups -OCH3 is 4. The van der Waals surface area contributed by atoms with Gasteiger partial charge in [-0.25, -0.2) is 80.2 Å². The highest BCUT2D eigenvalue weighted by Gasteiger charge is 2.39. The van der Waals surface area contributed by atoms with Crippen LogP contribution in [-0.2, 0) is 42.6 Å². The molecule has 0 spiro atoms. The van der Waals surface area contributed by atoms with Crippen LogP contribution in [-0.4, -0.2) is 157 Å². The Bertz CT molecular complexity index is 4210. The Balaban J connectivity index is 1.45. The van der Waals surface area contributed by atoms with Crippen molar-refractivity contribution < 1.29 is 118 Å². The van der Waals surface area contributed by atoms with E-state index < -0.39 is 215 Å². The van der Waals surface area contributed by atoms with E-state index in [9.17, 15) is 0 Å². The summed E-state index contributed by atoms with van der Waals surface area (Å²) in [6, 6.07) is 3.29. The van der Waals surface area contributed by atoms with Gasteiger partial charge in [0.1, 0.15) is 5.69 Å². The van der Waals surface area contributed by atoms with Crippen LogP contribution in [0.2, 0.25) is 0 Å². The first kappa shape index (κ1) is 76.6. The second-order valence-corrected chi connectivity index (χ2v) is 25.1. The maximum atomic E-state index is 17.4. The maximum Gasteiger partial charge on any atom is 0.246 e. The minimum atomic E-state index is -2.30. The summed E-state index contributed by atoms with van der Waals surface area (Å²) < 4.78 is 324. The Morgan fingerprint density at radius 2 is 0.616 bits per heavy atom. The molecule has 0 radical (unpaired) electrons. The molecular formula is C65H58F16N4O10S4. The number of hydrogen-bond donors (Lipinski definition) is 2. The molecule has 0 saturated heterocycles. The van der Waals surface area contributed by atoms with Crippen LogP contribution in [0.4, 0.5) is 70.2 Å². The van der Waals surface area contributed by atoms with E-state index in [1.807, 2.05) is 0 Å². The van der Waals surface area contributed by atoms with Crippen molar-refractivity contribution in [3.63, 3.8) is 0 Å². The molecule has 534 valence electrons. The molecule has 0 amide bonds. The summed E-state index contributed by atoms with van der Waals surface area (Å²) in [6.45, 7) is 0.400. The van der Waals surface area contributed by atoms with E-state index in [1.54, 1.807) is 0 Å². The van der Waals surface area contributed by atoms with Crippen molar-refractivity contribution >= 4 is 81.3 Å². The summed E-state index contributed by atoms with van der Waals surface area (Å²) in [5.74, 6) is -36.0. The van der Waals surface area contributed by atoms with Crippen molar-refractivity contribution in [2.75, 3.05) is 137 Å². The van der Waals surface area contributed by atoms with Crippen LogP contribution >= 0.6 is 47.0 Å². The molecule has 2 aliphatic heterocycles. The zero-order chi connectivity index (χ0) is 71.4. The molecule has 0 saturated carbocycles. The van der Waals surface area contributed by atoms with Gasteiger partial charge in [0.2, 0.25) is 12.2 Å². The van der Waals surface area contributed by atoms with Gasteiger partial charge in [-0.05, 0) is 43.3 Å². The van der Waals surface area contributed by atoms with Gasteiger partial charge in [0.25, 0.3) is 0 Å². The van der Waals surface area contributed by atoms with Gasteiger partial charge in [0.05, 0.1) is 144 Å². The number of hydrogen-bond acceptors (Lipinski definition) is 16. The van der Waals surface area contributed by atoms with Crippen molar-refractivity contribution in [2.45, 2.75) is 32.8 Å². The average Bonchev–Trinajstić information content (AvgIpc) is 1.66. The number of halogens is 16. The molecule has 2 N–H and O–H groups in total. The number of nitrogens with one attached hydrogen (secondary N) is 2. The molecule has 34 heteroatoms. The zero-order valence-electron chi connectivity index (χ0n) is 52.7. The Kier molecular flexibility index (Phi) is 27.4. The molecule has 8 bridgehead atoms. The molecule has 0 aliphatic carbocycles. The van der Waals surface area contributed by atoms with Crippen molar-refractivity contribution in [3.05, 3.63) is 134 Å². The summed E-state index contributed by atoms with van der Waals surface area (Å²) in [5.41, 5.74) is -16.9. The highest BCUT2D eigenvalue weighted by molar-refractivity contribution is 8.00.